The highest BCUT2D eigenvalue weighted by molar-refractivity contribution is 6.27. The first-order valence-electron chi connectivity index (χ1n) is 6.69. The molecule has 0 aliphatic carbocycles. The van der Waals surface area contributed by atoms with E-state index in [1.54, 1.807) is 7.11 Å². The quantitative estimate of drug-likeness (QED) is 0.782. The topological polar surface area (TPSA) is 87.1 Å². The minimum absolute atomic E-state index is 0.962. The third kappa shape index (κ3) is 8.65. The van der Waals surface area contributed by atoms with E-state index in [2.05, 4.69) is 31.0 Å². The summed E-state index contributed by atoms with van der Waals surface area (Å²) in [5, 5.41) is 14.8. The molecule has 0 unspecified atom stereocenters. The number of aliphatic carboxylic acids is 2. The second kappa shape index (κ2) is 10.7. The Balaban J connectivity index is 0.000000567. The number of benzene rings is 1. The molecule has 21 heavy (non-hydrogen) atoms. The maximum Gasteiger partial charge on any atom is 0.414 e. The summed E-state index contributed by atoms with van der Waals surface area (Å²) in [5.41, 5.74) is 1.26. The first-order chi connectivity index (χ1) is 9.92. The lowest BCUT2D eigenvalue weighted by atomic mass is 10.2. The highest BCUT2D eigenvalue weighted by Gasteiger charge is 2.05. The summed E-state index contributed by atoms with van der Waals surface area (Å²) in [6, 6.07) is 8.21. The van der Waals surface area contributed by atoms with Gasteiger partial charge in [0, 0.05) is 12.1 Å². The van der Waals surface area contributed by atoms with Gasteiger partial charge in [0.25, 0.3) is 0 Å². The van der Waals surface area contributed by atoms with Crippen LogP contribution >= 0.6 is 0 Å². The molecule has 0 aliphatic heterocycles. The van der Waals surface area contributed by atoms with E-state index in [1.165, 1.54) is 18.4 Å². The SMILES string of the molecule is CCCCN(C)Cc1ccccc1OC.O=C(O)C(=O)O. The second-order valence-corrected chi connectivity index (χ2v) is 4.51. The van der Waals surface area contributed by atoms with Crippen molar-refractivity contribution in [3.63, 3.8) is 0 Å². The highest BCUT2D eigenvalue weighted by atomic mass is 16.5. The van der Waals surface area contributed by atoms with Crippen molar-refractivity contribution in [3.8, 4) is 5.75 Å². The molecule has 1 aromatic rings. The maximum atomic E-state index is 9.10. The van der Waals surface area contributed by atoms with E-state index >= 15 is 0 Å². The van der Waals surface area contributed by atoms with Crippen LogP contribution in [0.5, 0.6) is 5.75 Å². The average Bonchev–Trinajstić information content (AvgIpc) is 2.46. The molecule has 0 bridgehead atoms. The molecule has 118 valence electrons. The molecule has 0 heterocycles. The molecule has 0 aliphatic rings. The Labute approximate surface area is 125 Å². The molecule has 1 rings (SSSR count). The van der Waals surface area contributed by atoms with Gasteiger partial charge in [0.2, 0.25) is 0 Å². The highest BCUT2D eigenvalue weighted by Crippen LogP contribution is 2.18. The molecular weight excluding hydrogens is 274 g/mol. The second-order valence-electron chi connectivity index (χ2n) is 4.51. The van der Waals surface area contributed by atoms with Crippen molar-refractivity contribution in [1.82, 2.24) is 4.90 Å². The number of carboxylic acids is 2. The van der Waals surface area contributed by atoms with Crippen LogP contribution in [0.25, 0.3) is 0 Å². The van der Waals surface area contributed by atoms with Crippen LogP contribution in [0.1, 0.15) is 25.3 Å². The number of carbonyl (C=O) groups is 2. The van der Waals surface area contributed by atoms with E-state index in [1.807, 2.05) is 12.1 Å². The summed E-state index contributed by atoms with van der Waals surface area (Å²) in [6.45, 7) is 4.33. The van der Waals surface area contributed by atoms with Gasteiger partial charge in [-0.2, -0.15) is 0 Å². The number of nitrogens with zero attached hydrogens (tertiary/aromatic N) is 1. The van der Waals surface area contributed by atoms with Crippen molar-refractivity contribution in [2.24, 2.45) is 0 Å². The van der Waals surface area contributed by atoms with Crippen molar-refractivity contribution in [2.45, 2.75) is 26.3 Å². The van der Waals surface area contributed by atoms with Gasteiger partial charge in [0.05, 0.1) is 7.11 Å². The number of rotatable bonds is 6. The fraction of sp³-hybridized carbons (Fsp3) is 0.467. The number of ether oxygens (including phenoxy) is 1. The maximum absolute atomic E-state index is 9.10. The van der Waals surface area contributed by atoms with Gasteiger partial charge < -0.3 is 19.8 Å². The number of unbranched alkanes of at least 4 members (excludes halogenated alkanes) is 1. The van der Waals surface area contributed by atoms with Crippen LogP contribution in [0.15, 0.2) is 24.3 Å². The van der Waals surface area contributed by atoms with Crippen LogP contribution in [0.2, 0.25) is 0 Å². The monoisotopic (exact) mass is 297 g/mol. The first-order valence-corrected chi connectivity index (χ1v) is 6.69. The Morgan fingerprint density at radius 2 is 1.76 bits per heavy atom. The molecule has 2 N–H and O–H groups in total. The zero-order chi connectivity index (χ0) is 16.3. The van der Waals surface area contributed by atoms with Crippen molar-refractivity contribution < 1.29 is 24.5 Å². The van der Waals surface area contributed by atoms with Crippen LogP contribution in [-0.4, -0.2) is 47.8 Å². The molecule has 0 saturated heterocycles. The average molecular weight is 297 g/mol. The Bertz CT molecular complexity index is 435. The van der Waals surface area contributed by atoms with Gasteiger partial charge in [-0.15, -0.1) is 0 Å². The van der Waals surface area contributed by atoms with Crippen LogP contribution in [0.4, 0.5) is 0 Å². The fourth-order valence-corrected chi connectivity index (χ4v) is 1.63. The Morgan fingerprint density at radius 3 is 2.24 bits per heavy atom. The number of hydrogen-bond donors (Lipinski definition) is 2. The minimum Gasteiger partial charge on any atom is -0.496 e. The smallest absolute Gasteiger partial charge is 0.414 e. The van der Waals surface area contributed by atoms with Gasteiger partial charge in [0.15, 0.2) is 0 Å². The van der Waals surface area contributed by atoms with Gasteiger partial charge in [-0.1, -0.05) is 31.5 Å². The molecule has 0 saturated carbocycles. The van der Waals surface area contributed by atoms with Gasteiger partial charge in [-0.05, 0) is 26.1 Å². The largest absolute Gasteiger partial charge is 0.496 e. The fourth-order valence-electron chi connectivity index (χ4n) is 1.63. The van der Waals surface area contributed by atoms with Crippen molar-refractivity contribution >= 4 is 11.9 Å². The number of carboxylic acid groups (broad SMARTS) is 2. The summed E-state index contributed by atoms with van der Waals surface area (Å²) < 4.78 is 5.32. The molecule has 0 radical (unpaired) electrons. The lowest BCUT2D eigenvalue weighted by Crippen LogP contribution is -2.19. The minimum atomic E-state index is -1.82. The molecule has 0 amide bonds. The molecule has 0 atom stereocenters. The van der Waals surface area contributed by atoms with E-state index in [4.69, 9.17) is 24.5 Å². The van der Waals surface area contributed by atoms with Gasteiger partial charge >= 0.3 is 11.9 Å². The Hall–Kier alpha value is -2.08. The normalized spacial score (nSPS) is 9.71. The Kier molecular flexibility index (Phi) is 9.62. The summed E-state index contributed by atoms with van der Waals surface area (Å²) in [5.74, 6) is -2.66. The molecule has 6 nitrogen and oxygen atoms in total. The van der Waals surface area contributed by atoms with Crippen molar-refractivity contribution in [2.75, 3.05) is 20.7 Å². The third-order valence-electron chi connectivity index (χ3n) is 2.71. The summed E-state index contributed by atoms with van der Waals surface area (Å²) in [7, 11) is 3.88. The molecule has 0 fully saturated rings. The standard InChI is InChI=1S/C13H21NO.C2H2O4/c1-4-5-10-14(2)11-12-8-6-7-9-13(12)15-3;3-1(4)2(5)6/h6-9H,4-5,10-11H2,1-3H3;(H,3,4)(H,5,6). The van der Waals surface area contributed by atoms with E-state index in [0.29, 0.717) is 0 Å². The van der Waals surface area contributed by atoms with Crippen LogP contribution in [0.3, 0.4) is 0 Å². The zero-order valence-corrected chi connectivity index (χ0v) is 12.7. The number of hydrogen-bond acceptors (Lipinski definition) is 4. The summed E-state index contributed by atoms with van der Waals surface area (Å²) in [6.07, 6.45) is 2.50. The summed E-state index contributed by atoms with van der Waals surface area (Å²) >= 11 is 0. The van der Waals surface area contributed by atoms with Crippen molar-refractivity contribution in [1.29, 1.82) is 0 Å². The van der Waals surface area contributed by atoms with E-state index in [-0.39, 0.29) is 0 Å². The van der Waals surface area contributed by atoms with Crippen LogP contribution in [-0.2, 0) is 16.1 Å². The van der Waals surface area contributed by atoms with Crippen LogP contribution < -0.4 is 4.74 Å². The predicted octanol–water partition coefficient (Wildman–Crippen LogP) is 2.08. The van der Waals surface area contributed by atoms with Crippen LogP contribution in [0, 0.1) is 0 Å². The molecule has 1 aromatic carbocycles. The van der Waals surface area contributed by atoms with E-state index in [0.717, 1.165) is 18.8 Å². The molecule has 0 aromatic heterocycles. The molecular formula is C15H23NO5. The number of methoxy groups -OCH3 is 1. The van der Waals surface area contributed by atoms with Gasteiger partial charge in [-0.3, -0.25) is 0 Å². The lowest BCUT2D eigenvalue weighted by molar-refractivity contribution is -0.159. The third-order valence-corrected chi connectivity index (χ3v) is 2.71. The van der Waals surface area contributed by atoms with E-state index in [9.17, 15) is 0 Å². The summed E-state index contributed by atoms with van der Waals surface area (Å²) in [4.78, 5) is 20.5. The predicted molar refractivity (Wildman–Crippen MR) is 79.5 cm³/mol. The molecule has 0 spiro atoms. The first kappa shape index (κ1) is 18.9. The number of para-hydroxylation sites is 1. The van der Waals surface area contributed by atoms with Gasteiger partial charge in [-0.25, -0.2) is 9.59 Å². The lowest BCUT2D eigenvalue weighted by Gasteiger charge is -2.17. The Morgan fingerprint density at radius 1 is 1.19 bits per heavy atom. The van der Waals surface area contributed by atoms with Crippen molar-refractivity contribution in [3.05, 3.63) is 29.8 Å². The zero-order valence-electron chi connectivity index (χ0n) is 12.7. The van der Waals surface area contributed by atoms with Gasteiger partial charge in [0.1, 0.15) is 5.75 Å². The molecule has 6 heteroatoms. The van der Waals surface area contributed by atoms with E-state index < -0.39 is 11.9 Å².